The van der Waals surface area contributed by atoms with Gasteiger partial charge in [-0.15, -0.1) is 0 Å². The number of hydrogen-bond donors (Lipinski definition) is 1. The molecule has 3 aromatic rings. The first-order chi connectivity index (χ1) is 16.8. The number of methoxy groups -OCH3 is 1. The summed E-state index contributed by atoms with van der Waals surface area (Å²) in [6, 6.07) is 14.7. The molecule has 0 unspecified atom stereocenters. The molecular weight excluding hydrogens is 542 g/mol. The summed E-state index contributed by atoms with van der Waals surface area (Å²) >= 11 is 8.54. The van der Waals surface area contributed by atoms with Gasteiger partial charge in [0.2, 0.25) is 0 Å². The minimum absolute atomic E-state index is 0.0745. The summed E-state index contributed by atoms with van der Waals surface area (Å²) in [7, 11) is 1.45. The molecule has 0 aromatic heterocycles. The van der Waals surface area contributed by atoms with Gasteiger partial charge in [-0.05, 0) is 65.8 Å². The number of nitrogens with zero attached hydrogens (tertiary/aromatic N) is 1. The number of amides is 2. The van der Waals surface area contributed by atoms with Crippen molar-refractivity contribution in [2.45, 2.75) is 6.61 Å². The van der Waals surface area contributed by atoms with E-state index in [1.807, 2.05) is 0 Å². The van der Waals surface area contributed by atoms with Crippen LogP contribution in [0.15, 0.2) is 70.7 Å². The summed E-state index contributed by atoms with van der Waals surface area (Å²) in [6.07, 6.45) is 1.35. The highest BCUT2D eigenvalue weighted by molar-refractivity contribution is 9.10. The molecule has 0 radical (unpaired) electrons. The van der Waals surface area contributed by atoms with Gasteiger partial charge in [0.25, 0.3) is 11.8 Å². The van der Waals surface area contributed by atoms with E-state index in [4.69, 9.17) is 21.7 Å². The van der Waals surface area contributed by atoms with Crippen LogP contribution in [0.25, 0.3) is 6.08 Å². The second-order valence-electron chi connectivity index (χ2n) is 7.35. The number of para-hydroxylation sites is 1. The van der Waals surface area contributed by atoms with Gasteiger partial charge >= 0.3 is 0 Å². The second kappa shape index (κ2) is 10.3. The maximum atomic E-state index is 14.4. The Morgan fingerprint density at radius 3 is 2.46 bits per heavy atom. The van der Waals surface area contributed by atoms with Crippen molar-refractivity contribution >= 4 is 56.8 Å². The molecule has 0 bridgehead atoms. The van der Waals surface area contributed by atoms with Gasteiger partial charge in [-0.25, -0.2) is 13.7 Å². The summed E-state index contributed by atoms with van der Waals surface area (Å²) in [4.78, 5) is 26.7. The zero-order valence-corrected chi connectivity index (χ0v) is 20.6. The lowest BCUT2D eigenvalue weighted by Gasteiger charge is -2.29. The molecule has 10 heteroatoms. The van der Waals surface area contributed by atoms with E-state index >= 15 is 0 Å². The predicted octanol–water partition coefficient (Wildman–Crippen LogP) is 5.15. The van der Waals surface area contributed by atoms with Gasteiger partial charge in [0.15, 0.2) is 16.6 Å². The normalized spacial score (nSPS) is 14.8. The highest BCUT2D eigenvalue weighted by atomic mass is 79.9. The number of carbonyl (C=O) groups is 2. The third-order valence-electron chi connectivity index (χ3n) is 5.09. The molecule has 1 fully saturated rings. The fourth-order valence-corrected chi connectivity index (χ4v) is 4.05. The molecule has 1 aliphatic heterocycles. The van der Waals surface area contributed by atoms with E-state index in [1.165, 1.54) is 43.5 Å². The average Bonchev–Trinajstić information content (AvgIpc) is 2.83. The summed E-state index contributed by atoms with van der Waals surface area (Å²) in [5, 5.41) is 2.20. The minimum atomic E-state index is -0.772. The maximum Gasteiger partial charge on any atom is 0.270 e. The summed E-state index contributed by atoms with van der Waals surface area (Å²) in [5.41, 5.74) is 0.874. The lowest BCUT2D eigenvalue weighted by atomic mass is 10.1. The Morgan fingerprint density at radius 2 is 1.77 bits per heavy atom. The van der Waals surface area contributed by atoms with E-state index in [-0.39, 0.29) is 28.8 Å². The van der Waals surface area contributed by atoms with E-state index in [1.54, 1.807) is 30.3 Å². The van der Waals surface area contributed by atoms with Crippen molar-refractivity contribution in [3.05, 3.63) is 93.5 Å². The van der Waals surface area contributed by atoms with Gasteiger partial charge in [-0.2, -0.15) is 0 Å². The van der Waals surface area contributed by atoms with Gasteiger partial charge in [-0.3, -0.25) is 14.9 Å². The van der Waals surface area contributed by atoms with E-state index in [9.17, 15) is 18.4 Å². The Hall–Kier alpha value is -3.63. The highest BCUT2D eigenvalue weighted by Crippen LogP contribution is 2.36. The number of thiocarbonyl (C=S) groups is 1. The zero-order chi connectivity index (χ0) is 25.1. The maximum absolute atomic E-state index is 14.4. The Labute approximate surface area is 213 Å². The quantitative estimate of drug-likeness (QED) is 0.257. The van der Waals surface area contributed by atoms with Crippen LogP contribution in [0.2, 0.25) is 0 Å². The molecule has 0 atom stereocenters. The Bertz CT molecular complexity index is 1360. The van der Waals surface area contributed by atoms with Gasteiger partial charge in [-0.1, -0.05) is 40.2 Å². The number of halogens is 3. The molecule has 0 aliphatic carbocycles. The Kier molecular flexibility index (Phi) is 7.23. The van der Waals surface area contributed by atoms with Crippen LogP contribution in [0.4, 0.5) is 14.5 Å². The van der Waals surface area contributed by atoms with E-state index < -0.39 is 17.6 Å². The fraction of sp³-hybridized carbons (Fsp3) is 0.0800. The van der Waals surface area contributed by atoms with Crippen LogP contribution in [0.5, 0.6) is 11.5 Å². The number of anilines is 1. The third kappa shape index (κ3) is 5.23. The van der Waals surface area contributed by atoms with Crippen LogP contribution >= 0.6 is 28.1 Å². The molecule has 35 heavy (non-hydrogen) atoms. The number of rotatable bonds is 6. The number of carbonyl (C=O) groups excluding carboxylic acids is 2. The lowest BCUT2D eigenvalue weighted by molar-refractivity contribution is -0.122. The molecule has 4 rings (SSSR count). The lowest BCUT2D eigenvalue weighted by Crippen LogP contribution is -2.54. The van der Waals surface area contributed by atoms with Crippen LogP contribution in [0.3, 0.4) is 0 Å². The van der Waals surface area contributed by atoms with E-state index in [0.29, 0.717) is 21.5 Å². The molecule has 1 heterocycles. The monoisotopic (exact) mass is 558 g/mol. The number of nitrogens with one attached hydrogen (secondary N) is 1. The average molecular weight is 559 g/mol. The molecule has 0 saturated carbocycles. The Morgan fingerprint density at radius 1 is 1.06 bits per heavy atom. The molecule has 1 saturated heterocycles. The predicted molar refractivity (Wildman–Crippen MR) is 134 cm³/mol. The molecular formula is C25H17BrF2N2O4S. The standard InChI is InChI=1S/C25H17BrF2N2O4S/c1-33-21-11-15(18(26)12-22(21)34-13-14-6-8-16(27)9-7-14)10-17-23(31)29-25(35)30(24(17)32)20-5-3-2-4-19(20)28/h2-12H,13H2,1H3,(H,29,31,35)/b17-10+. The minimum Gasteiger partial charge on any atom is -0.493 e. The molecule has 1 aliphatic rings. The second-order valence-corrected chi connectivity index (χ2v) is 8.59. The van der Waals surface area contributed by atoms with Gasteiger partial charge in [0.05, 0.1) is 12.8 Å². The van der Waals surface area contributed by atoms with Crippen molar-refractivity contribution in [3.63, 3.8) is 0 Å². The van der Waals surface area contributed by atoms with Gasteiger partial charge in [0, 0.05) is 4.47 Å². The van der Waals surface area contributed by atoms with Crippen LogP contribution < -0.4 is 19.7 Å². The van der Waals surface area contributed by atoms with Crippen LogP contribution in [0, 0.1) is 11.6 Å². The summed E-state index contributed by atoms with van der Waals surface area (Å²) in [5.74, 6) is -1.76. The molecule has 3 aromatic carbocycles. The molecule has 0 spiro atoms. The van der Waals surface area contributed by atoms with Crippen molar-refractivity contribution in [1.29, 1.82) is 0 Å². The summed E-state index contributed by atoms with van der Waals surface area (Å²) < 4.78 is 39.2. The first-order valence-corrected chi connectivity index (χ1v) is 11.4. The van der Waals surface area contributed by atoms with Crippen LogP contribution in [0.1, 0.15) is 11.1 Å². The van der Waals surface area contributed by atoms with Gasteiger partial charge in [0.1, 0.15) is 23.8 Å². The van der Waals surface area contributed by atoms with Crippen molar-refractivity contribution < 1.29 is 27.8 Å². The fourth-order valence-electron chi connectivity index (χ4n) is 3.34. The largest absolute Gasteiger partial charge is 0.493 e. The number of hydrogen-bond acceptors (Lipinski definition) is 5. The van der Waals surface area contributed by atoms with E-state index in [0.717, 1.165) is 10.5 Å². The molecule has 1 N–H and O–H groups in total. The van der Waals surface area contributed by atoms with Crippen molar-refractivity contribution in [3.8, 4) is 11.5 Å². The topological polar surface area (TPSA) is 67.9 Å². The highest BCUT2D eigenvalue weighted by Gasteiger charge is 2.35. The summed E-state index contributed by atoms with van der Waals surface area (Å²) in [6.45, 7) is 0.166. The van der Waals surface area contributed by atoms with Crippen molar-refractivity contribution in [1.82, 2.24) is 5.32 Å². The van der Waals surface area contributed by atoms with E-state index in [2.05, 4.69) is 21.2 Å². The van der Waals surface area contributed by atoms with Crippen molar-refractivity contribution in [2.75, 3.05) is 12.0 Å². The van der Waals surface area contributed by atoms with Crippen molar-refractivity contribution in [2.24, 2.45) is 0 Å². The van der Waals surface area contributed by atoms with Crippen LogP contribution in [-0.4, -0.2) is 24.0 Å². The SMILES string of the molecule is COc1cc(/C=C2\C(=O)NC(=S)N(c3ccccc3F)C2=O)c(Br)cc1OCc1ccc(F)cc1. The van der Waals surface area contributed by atoms with Gasteiger partial charge < -0.3 is 9.47 Å². The molecule has 178 valence electrons. The van der Waals surface area contributed by atoms with Crippen LogP contribution in [-0.2, 0) is 16.2 Å². The smallest absolute Gasteiger partial charge is 0.270 e. The number of benzene rings is 3. The third-order valence-corrected chi connectivity index (χ3v) is 6.06. The Balaban J connectivity index is 1.65. The first kappa shape index (κ1) is 24.5. The first-order valence-electron chi connectivity index (χ1n) is 10.2. The molecule has 2 amide bonds. The molecule has 6 nitrogen and oxygen atoms in total. The zero-order valence-electron chi connectivity index (χ0n) is 18.2. The number of ether oxygens (including phenoxy) is 2.